The number of sulfonamides is 1. The van der Waals surface area contributed by atoms with Crippen LogP contribution in [0.25, 0.3) is 0 Å². The van der Waals surface area contributed by atoms with Crippen molar-refractivity contribution in [2.75, 3.05) is 17.4 Å². The van der Waals surface area contributed by atoms with Gasteiger partial charge in [0.15, 0.2) is 0 Å². The van der Waals surface area contributed by atoms with Crippen molar-refractivity contribution in [3.8, 4) is 0 Å². The fraction of sp³-hybridized carbons (Fsp3) is 0.257. The molecule has 0 aliphatic carbocycles. The zero-order valence-corrected chi connectivity index (χ0v) is 27.7. The maximum absolute atomic E-state index is 14.4. The SMILES string of the molecule is CC(C)CNC(=O)[C@H](Cc1ccccc1)N(Cc1ccc(F)cc1)C(=O)CN(c1cc(C(F)(F)F)ccc1Cl)S(=O)(=O)c1ccccc1. The second-order valence-corrected chi connectivity index (χ2v) is 13.8. The largest absolute Gasteiger partial charge is 0.416 e. The van der Waals surface area contributed by atoms with Gasteiger partial charge in [-0.05, 0) is 59.5 Å². The first-order chi connectivity index (χ1) is 22.7. The second-order valence-electron chi connectivity index (χ2n) is 11.5. The summed E-state index contributed by atoms with van der Waals surface area (Å²) in [6, 6.07) is 21.9. The van der Waals surface area contributed by atoms with Crippen molar-refractivity contribution in [1.29, 1.82) is 0 Å². The normalized spacial score (nSPS) is 12.4. The molecule has 0 radical (unpaired) electrons. The molecule has 1 N–H and O–H groups in total. The van der Waals surface area contributed by atoms with Crippen LogP contribution in [-0.2, 0) is 38.8 Å². The molecule has 0 aromatic heterocycles. The van der Waals surface area contributed by atoms with E-state index in [0.29, 0.717) is 27.6 Å². The predicted molar refractivity (Wildman–Crippen MR) is 176 cm³/mol. The molecule has 0 spiro atoms. The summed E-state index contributed by atoms with van der Waals surface area (Å²) in [6.07, 6.45) is -4.83. The van der Waals surface area contributed by atoms with E-state index < -0.39 is 57.7 Å². The van der Waals surface area contributed by atoms with E-state index in [1.54, 1.807) is 36.4 Å². The van der Waals surface area contributed by atoms with Gasteiger partial charge < -0.3 is 10.2 Å². The monoisotopic (exact) mass is 703 g/mol. The smallest absolute Gasteiger partial charge is 0.354 e. The highest BCUT2D eigenvalue weighted by Crippen LogP contribution is 2.37. The standard InChI is InChI=1S/C35H34ClF4N3O4S/c1-24(2)21-41-34(45)32(19-25-9-5-3-6-10-25)42(22-26-13-16-28(37)17-14-26)33(44)23-43(48(46,47)29-11-7-4-8-12-29)31-20-27(35(38,39)40)15-18-30(31)36/h3-18,20,24,32H,19,21-23H2,1-2H3,(H,41,45)/t32-/m0/s1. The van der Waals surface area contributed by atoms with Crippen molar-refractivity contribution in [3.05, 3.63) is 131 Å². The fourth-order valence-corrected chi connectivity index (χ4v) is 6.59. The summed E-state index contributed by atoms with van der Waals surface area (Å²) < 4.78 is 83.9. The average Bonchev–Trinajstić information content (AvgIpc) is 3.05. The third-order valence-corrected chi connectivity index (χ3v) is 9.47. The van der Waals surface area contributed by atoms with Crippen molar-refractivity contribution >= 4 is 39.1 Å². The van der Waals surface area contributed by atoms with Crippen LogP contribution in [0.2, 0.25) is 5.02 Å². The summed E-state index contributed by atoms with van der Waals surface area (Å²) >= 11 is 6.34. The summed E-state index contributed by atoms with van der Waals surface area (Å²) in [5, 5.41) is 2.49. The molecule has 0 saturated heterocycles. The van der Waals surface area contributed by atoms with E-state index >= 15 is 0 Å². The van der Waals surface area contributed by atoms with Gasteiger partial charge in [-0.3, -0.25) is 13.9 Å². The summed E-state index contributed by atoms with van der Waals surface area (Å²) in [6.45, 7) is 2.79. The van der Waals surface area contributed by atoms with E-state index in [-0.39, 0.29) is 35.3 Å². The maximum atomic E-state index is 14.4. The van der Waals surface area contributed by atoms with Gasteiger partial charge in [0.25, 0.3) is 10.0 Å². The number of amides is 2. The van der Waals surface area contributed by atoms with Crippen LogP contribution in [0, 0.1) is 11.7 Å². The molecular formula is C35H34ClF4N3O4S. The van der Waals surface area contributed by atoms with Gasteiger partial charge >= 0.3 is 6.18 Å². The van der Waals surface area contributed by atoms with Gasteiger partial charge in [0.2, 0.25) is 11.8 Å². The Balaban J connectivity index is 1.86. The molecule has 0 heterocycles. The molecular weight excluding hydrogens is 670 g/mol. The minimum absolute atomic E-state index is 0.0213. The van der Waals surface area contributed by atoms with Crippen LogP contribution in [0.5, 0.6) is 0 Å². The van der Waals surface area contributed by atoms with Crippen molar-refractivity contribution in [2.24, 2.45) is 5.92 Å². The van der Waals surface area contributed by atoms with Crippen LogP contribution < -0.4 is 9.62 Å². The van der Waals surface area contributed by atoms with Crippen molar-refractivity contribution in [1.82, 2.24) is 10.2 Å². The van der Waals surface area contributed by atoms with Crippen LogP contribution in [0.15, 0.2) is 108 Å². The molecule has 2 amide bonds. The lowest BCUT2D eigenvalue weighted by Gasteiger charge is -2.34. The summed E-state index contributed by atoms with van der Waals surface area (Å²) in [7, 11) is -4.69. The van der Waals surface area contributed by atoms with E-state index in [2.05, 4.69) is 5.32 Å². The van der Waals surface area contributed by atoms with Gasteiger partial charge in [-0.2, -0.15) is 13.2 Å². The van der Waals surface area contributed by atoms with E-state index in [0.717, 1.165) is 11.0 Å². The lowest BCUT2D eigenvalue weighted by Crippen LogP contribution is -2.53. The van der Waals surface area contributed by atoms with E-state index in [4.69, 9.17) is 11.6 Å². The Morgan fingerprint density at radius 3 is 2.04 bits per heavy atom. The van der Waals surface area contributed by atoms with E-state index in [1.807, 2.05) is 13.8 Å². The third kappa shape index (κ3) is 9.35. The first-order valence-corrected chi connectivity index (χ1v) is 16.8. The molecule has 0 aliphatic rings. The molecule has 0 saturated carbocycles. The fourth-order valence-electron chi connectivity index (χ4n) is 4.88. The quantitative estimate of drug-likeness (QED) is 0.151. The molecule has 0 aliphatic heterocycles. The van der Waals surface area contributed by atoms with Crippen LogP contribution in [0.4, 0.5) is 23.2 Å². The number of nitrogens with zero attached hydrogens (tertiary/aromatic N) is 2. The van der Waals surface area contributed by atoms with Crippen LogP contribution in [0.3, 0.4) is 0 Å². The Bertz CT molecular complexity index is 1810. The van der Waals surface area contributed by atoms with Crippen LogP contribution >= 0.6 is 11.6 Å². The molecule has 1 atom stereocenters. The predicted octanol–water partition coefficient (Wildman–Crippen LogP) is 7.11. The number of hydrogen-bond donors (Lipinski definition) is 1. The molecule has 48 heavy (non-hydrogen) atoms. The molecule has 4 aromatic rings. The third-order valence-electron chi connectivity index (χ3n) is 7.37. The van der Waals surface area contributed by atoms with E-state index in [1.165, 1.54) is 48.5 Å². The number of carbonyl (C=O) groups excluding carboxylic acids is 2. The minimum atomic E-state index is -4.85. The minimum Gasteiger partial charge on any atom is -0.354 e. The molecule has 7 nitrogen and oxygen atoms in total. The first-order valence-electron chi connectivity index (χ1n) is 15.0. The number of halogens is 5. The van der Waals surface area contributed by atoms with Gasteiger partial charge in [0.1, 0.15) is 18.4 Å². The number of carbonyl (C=O) groups is 2. The number of rotatable bonds is 13. The Morgan fingerprint density at radius 1 is 0.854 bits per heavy atom. The number of alkyl halides is 3. The van der Waals surface area contributed by atoms with Gasteiger partial charge in [-0.1, -0.05) is 86.1 Å². The van der Waals surface area contributed by atoms with Gasteiger partial charge in [0.05, 0.1) is 21.2 Å². The van der Waals surface area contributed by atoms with Crippen LogP contribution in [0.1, 0.15) is 30.5 Å². The zero-order valence-electron chi connectivity index (χ0n) is 26.1. The Morgan fingerprint density at radius 2 is 1.46 bits per heavy atom. The topological polar surface area (TPSA) is 86.8 Å². The lowest BCUT2D eigenvalue weighted by molar-refractivity contribution is -0.140. The maximum Gasteiger partial charge on any atom is 0.416 e. The van der Waals surface area contributed by atoms with Crippen molar-refractivity contribution < 1.29 is 35.6 Å². The number of anilines is 1. The number of nitrogens with one attached hydrogen (secondary N) is 1. The molecule has 0 fully saturated rings. The number of hydrogen-bond acceptors (Lipinski definition) is 4. The number of benzene rings is 4. The molecule has 4 rings (SSSR count). The molecule has 0 bridgehead atoms. The highest BCUT2D eigenvalue weighted by Gasteiger charge is 2.37. The van der Waals surface area contributed by atoms with Gasteiger partial charge in [-0.15, -0.1) is 0 Å². The van der Waals surface area contributed by atoms with Crippen molar-refractivity contribution in [2.45, 2.75) is 43.9 Å². The average molecular weight is 704 g/mol. The molecule has 13 heteroatoms. The van der Waals surface area contributed by atoms with Gasteiger partial charge in [-0.25, -0.2) is 12.8 Å². The summed E-state index contributed by atoms with van der Waals surface area (Å²) in [5.41, 5.74) is -0.641. The highest BCUT2D eigenvalue weighted by atomic mass is 35.5. The lowest BCUT2D eigenvalue weighted by atomic mass is 10.0. The zero-order chi connectivity index (χ0) is 35.1. The summed E-state index contributed by atoms with van der Waals surface area (Å²) in [4.78, 5) is 29.1. The van der Waals surface area contributed by atoms with Crippen molar-refractivity contribution in [3.63, 3.8) is 0 Å². The highest BCUT2D eigenvalue weighted by molar-refractivity contribution is 7.92. The molecule has 0 unspecified atom stereocenters. The van der Waals surface area contributed by atoms with E-state index in [9.17, 15) is 35.6 Å². The Hall–Kier alpha value is -4.42. The summed E-state index contributed by atoms with van der Waals surface area (Å²) in [5.74, 6) is -1.92. The van der Waals surface area contributed by atoms with Crippen LogP contribution in [-0.4, -0.2) is 44.3 Å². The molecule has 254 valence electrons. The Labute approximate surface area is 282 Å². The first kappa shape index (κ1) is 36.4. The Kier molecular flexibility index (Phi) is 11.9. The molecule has 4 aromatic carbocycles. The second kappa shape index (κ2) is 15.7. The van der Waals surface area contributed by atoms with Gasteiger partial charge in [0, 0.05) is 19.5 Å².